The normalized spacial score (nSPS) is 15.9. The summed E-state index contributed by atoms with van der Waals surface area (Å²) in [5.41, 5.74) is 7.06. The number of carboxylic acid groups (broad SMARTS) is 1. The summed E-state index contributed by atoms with van der Waals surface area (Å²) in [5.74, 6) is 0.473. The Morgan fingerprint density at radius 1 is 1.21 bits per heavy atom. The number of nitrogens with one attached hydrogen (secondary N) is 2. The number of aliphatic carboxylic acids is 1. The van der Waals surface area contributed by atoms with Crippen molar-refractivity contribution < 1.29 is 14.7 Å². The molecule has 0 aliphatic heterocycles. The van der Waals surface area contributed by atoms with Crippen LogP contribution in [0.3, 0.4) is 0 Å². The van der Waals surface area contributed by atoms with Gasteiger partial charge < -0.3 is 26.4 Å². The number of rotatable bonds is 17. The van der Waals surface area contributed by atoms with Crippen LogP contribution in [0.1, 0.15) is 32.3 Å². The number of hydrogen-bond donors (Lipinski definition) is 5. The fraction of sp³-hybridized carbons (Fsp3) is 0.667. The van der Waals surface area contributed by atoms with Crippen molar-refractivity contribution in [2.75, 3.05) is 37.9 Å². The summed E-state index contributed by atoms with van der Waals surface area (Å²) in [4.78, 5) is 26.7. The van der Waals surface area contributed by atoms with Gasteiger partial charge in [-0.2, -0.15) is 24.4 Å². The highest BCUT2D eigenvalue weighted by molar-refractivity contribution is 7.98. The minimum atomic E-state index is -0.974. The van der Waals surface area contributed by atoms with Crippen molar-refractivity contribution in [3.05, 3.63) is 35.9 Å². The maximum atomic E-state index is 13.5. The lowest BCUT2D eigenvalue weighted by atomic mass is 9.97. The highest BCUT2D eigenvalue weighted by atomic mass is 32.2. The van der Waals surface area contributed by atoms with Crippen LogP contribution in [0.4, 0.5) is 0 Å². The second kappa shape index (κ2) is 16.4. The standard InChI is InChI=1S/C24H42N4O3S2/c1-5-17(2)21(26-14-19(25)16-32)15-27-20(13-18-9-7-6-8-10-18)23(29)28(3)22(24(30)31)11-12-33-4/h6-10,17,19-22,26-27,32H,5,11-16,25H2,1-4H3,(H,30,31)/t17-,19+,20-,21+,22-/m0/s1. The molecule has 1 aromatic carbocycles. The van der Waals surface area contributed by atoms with E-state index in [-0.39, 0.29) is 18.0 Å². The Hall–Kier alpha value is -1.26. The van der Waals surface area contributed by atoms with E-state index < -0.39 is 18.1 Å². The molecule has 0 saturated heterocycles. The highest BCUT2D eigenvalue weighted by Crippen LogP contribution is 2.13. The lowest BCUT2D eigenvalue weighted by molar-refractivity contribution is -0.149. The Bertz CT molecular complexity index is 696. The van der Waals surface area contributed by atoms with Gasteiger partial charge in [-0.15, -0.1) is 0 Å². The van der Waals surface area contributed by atoms with Crippen molar-refractivity contribution in [3.8, 4) is 0 Å². The topological polar surface area (TPSA) is 108 Å². The molecule has 0 aliphatic rings. The Morgan fingerprint density at radius 3 is 2.42 bits per heavy atom. The molecule has 9 heteroatoms. The molecule has 0 radical (unpaired) electrons. The summed E-state index contributed by atoms with van der Waals surface area (Å²) < 4.78 is 0. The summed E-state index contributed by atoms with van der Waals surface area (Å²) in [6.07, 6.45) is 3.82. The van der Waals surface area contributed by atoms with Crippen LogP contribution in [0.2, 0.25) is 0 Å². The molecule has 33 heavy (non-hydrogen) atoms. The molecule has 5 N–H and O–H groups in total. The number of thiol groups is 1. The van der Waals surface area contributed by atoms with Gasteiger partial charge in [0, 0.05) is 38.0 Å². The number of amides is 1. The molecule has 0 aromatic heterocycles. The van der Waals surface area contributed by atoms with Crippen LogP contribution in [0.5, 0.6) is 0 Å². The molecule has 0 bridgehead atoms. The number of nitrogens with zero attached hydrogens (tertiary/aromatic N) is 1. The van der Waals surface area contributed by atoms with Crippen LogP contribution in [0, 0.1) is 5.92 Å². The van der Waals surface area contributed by atoms with E-state index in [4.69, 9.17) is 5.73 Å². The zero-order valence-corrected chi connectivity index (χ0v) is 22.1. The van der Waals surface area contributed by atoms with Gasteiger partial charge in [-0.1, -0.05) is 50.6 Å². The number of carboxylic acids is 1. The number of hydrogen-bond acceptors (Lipinski definition) is 7. The first kappa shape index (κ1) is 29.8. The number of carbonyl (C=O) groups excluding carboxylic acids is 1. The molecule has 188 valence electrons. The van der Waals surface area contributed by atoms with Crippen molar-refractivity contribution in [2.45, 2.75) is 57.3 Å². The fourth-order valence-corrected chi connectivity index (χ4v) is 4.19. The van der Waals surface area contributed by atoms with Crippen molar-refractivity contribution in [3.63, 3.8) is 0 Å². The summed E-state index contributed by atoms with van der Waals surface area (Å²) in [6.45, 7) is 5.54. The van der Waals surface area contributed by atoms with E-state index in [0.29, 0.717) is 43.4 Å². The van der Waals surface area contributed by atoms with Gasteiger partial charge in [0.2, 0.25) is 5.91 Å². The molecular weight excluding hydrogens is 456 g/mol. The van der Waals surface area contributed by atoms with Crippen molar-refractivity contribution in [1.29, 1.82) is 0 Å². The predicted molar refractivity (Wildman–Crippen MR) is 142 cm³/mol. The summed E-state index contributed by atoms with van der Waals surface area (Å²) >= 11 is 5.84. The van der Waals surface area contributed by atoms with Crippen LogP contribution in [0.25, 0.3) is 0 Å². The molecule has 1 rings (SSSR count). The second-order valence-electron chi connectivity index (χ2n) is 8.58. The summed E-state index contributed by atoms with van der Waals surface area (Å²) in [7, 11) is 1.59. The Kier molecular flexibility index (Phi) is 14.8. The number of benzene rings is 1. The van der Waals surface area contributed by atoms with Gasteiger partial charge in [-0.3, -0.25) is 4.79 Å². The second-order valence-corrected chi connectivity index (χ2v) is 9.93. The number of likely N-dealkylation sites (N-methyl/N-ethyl adjacent to an activating group) is 1. The monoisotopic (exact) mass is 498 g/mol. The molecule has 0 heterocycles. The van der Waals surface area contributed by atoms with Crippen LogP contribution in [-0.2, 0) is 16.0 Å². The van der Waals surface area contributed by atoms with Gasteiger partial charge in [-0.25, -0.2) is 4.79 Å². The maximum absolute atomic E-state index is 13.5. The molecule has 0 fully saturated rings. The van der Waals surface area contributed by atoms with Crippen molar-refractivity contribution in [1.82, 2.24) is 15.5 Å². The average molecular weight is 499 g/mol. The average Bonchev–Trinajstić information content (AvgIpc) is 2.82. The Balaban J connectivity index is 3.02. The zero-order valence-electron chi connectivity index (χ0n) is 20.4. The molecule has 0 spiro atoms. The Morgan fingerprint density at radius 2 is 1.88 bits per heavy atom. The van der Waals surface area contributed by atoms with E-state index in [9.17, 15) is 14.7 Å². The molecule has 7 nitrogen and oxygen atoms in total. The van der Waals surface area contributed by atoms with Crippen molar-refractivity contribution in [2.24, 2.45) is 11.7 Å². The van der Waals surface area contributed by atoms with Gasteiger partial charge in [0.05, 0.1) is 6.04 Å². The third-order valence-electron chi connectivity index (χ3n) is 6.07. The van der Waals surface area contributed by atoms with E-state index in [0.717, 1.165) is 12.0 Å². The number of carbonyl (C=O) groups is 2. The summed E-state index contributed by atoms with van der Waals surface area (Å²) in [5, 5.41) is 16.7. The number of nitrogens with two attached hydrogens (primary N) is 1. The molecule has 1 amide bonds. The minimum absolute atomic E-state index is 0.0412. The van der Waals surface area contributed by atoms with Gasteiger partial charge in [-0.05, 0) is 36.3 Å². The van der Waals surface area contributed by atoms with Crippen molar-refractivity contribution >= 4 is 36.3 Å². The van der Waals surface area contributed by atoms with E-state index in [1.54, 1.807) is 18.8 Å². The molecule has 0 saturated carbocycles. The van der Waals surface area contributed by atoms with Crippen LogP contribution >= 0.6 is 24.4 Å². The lowest BCUT2D eigenvalue weighted by Gasteiger charge is -2.32. The zero-order chi connectivity index (χ0) is 24.8. The number of thioether (sulfide) groups is 1. The summed E-state index contributed by atoms with van der Waals surface area (Å²) in [6, 6.07) is 8.52. The van der Waals surface area contributed by atoms with E-state index in [1.165, 1.54) is 4.90 Å². The van der Waals surface area contributed by atoms with E-state index >= 15 is 0 Å². The molecule has 1 aromatic rings. The van der Waals surface area contributed by atoms with E-state index in [2.05, 4.69) is 37.1 Å². The minimum Gasteiger partial charge on any atom is -0.480 e. The molecule has 0 aliphatic carbocycles. The lowest BCUT2D eigenvalue weighted by Crippen LogP contribution is -2.55. The van der Waals surface area contributed by atoms with Crippen LogP contribution < -0.4 is 16.4 Å². The molecule has 5 atom stereocenters. The Labute approximate surface area is 209 Å². The third-order valence-corrected chi connectivity index (χ3v) is 7.18. The molecule has 0 unspecified atom stereocenters. The van der Waals surface area contributed by atoms with Gasteiger partial charge in [0.15, 0.2) is 0 Å². The van der Waals surface area contributed by atoms with Gasteiger partial charge in [0.1, 0.15) is 6.04 Å². The van der Waals surface area contributed by atoms with Gasteiger partial charge >= 0.3 is 5.97 Å². The fourth-order valence-electron chi connectivity index (χ4n) is 3.60. The first-order chi connectivity index (χ1) is 15.7. The third kappa shape index (κ3) is 10.7. The predicted octanol–water partition coefficient (Wildman–Crippen LogP) is 2.11. The first-order valence-electron chi connectivity index (χ1n) is 11.6. The molecular formula is C24H42N4O3S2. The SMILES string of the molecule is CC[C@H](C)[C@@H](CN[C@@H](Cc1ccccc1)C(=O)N(C)[C@@H](CCSC)C(=O)O)NC[C@@H](N)CS. The quantitative estimate of drug-likeness (QED) is 0.209. The smallest absolute Gasteiger partial charge is 0.326 e. The first-order valence-corrected chi connectivity index (χ1v) is 13.6. The largest absolute Gasteiger partial charge is 0.480 e. The van der Waals surface area contributed by atoms with Crippen LogP contribution in [0.15, 0.2) is 30.3 Å². The van der Waals surface area contributed by atoms with E-state index in [1.807, 2.05) is 36.6 Å². The van der Waals surface area contributed by atoms with Gasteiger partial charge in [0.25, 0.3) is 0 Å². The maximum Gasteiger partial charge on any atom is 0.326 e. The highest BCUT2D eigenvalue weighted by Gasteiger charge is 2.31. The van der Waals surface area contributed by atoms with Crippen LogP contribution in [-0.4, -0.2) is 83.9 Å².